The minimum Gasteiger partial charge on any atom is -0.459 e. The zero-order valence-corrected chi connectivity index (χ0v) is 27.2. The number of hydrogen-bond acceptors (Lipinski definition) is 10. The summed E-state index contributed by atoms with van der Waals surface area (Å²) in [5.74, 6) is -6.39. The molecule has 5 aromatic rings. The number of non-ortho nitro benzene ring substituents is 1. The first-order valence-corrected chi connectivity index (χ1v) is 16.7. The fourth-order valence-electron chi connectivity index (χ4n) is 5.26. The van der Waals surface area contributed by atoms with E-state index in [1.807, 2.05) is 60.7 Å². The Labute approximate surface area is 290 Å². The molecule has 1 heterocycles. The number of halogens is 2. The fraction of sp³-hybridized carbons (Fsp3) is 0.135. The third-order valence-electron chi connectivity index (χ3n) is 7.95. The van der Waals surface area contributed by atoms with Crippen LogP contribution >= 0.6 is 0 Å². The molecule has 0 amide bonds. The highest BCUT2D eigenvalue weighted by molar-refractivity contribution is 7.86. The van der Waals surface area contributed by atoms with Gasteiger partial charge in [-0.15, -0.1) is 0 Å². The predicted molar refractivity (Wildman–Crippen MR) is 178 cm³/mol. The van der Waals surface area contributed by atoms with Gasteiger partial charge in [-0.2, -0.15) is 17.2 Å². The topological polar surface area (TPSA) is 148 Å². The Morgan fingerprint density at radius 1 is 0.706 bits per heavy atom. The summed E-state index contributed by atoms with van der Waals surface area (Å²) in [5, 5.41) is 11.0. The van der Waals surface area contributed by atoms with Gasteiger partial charge in [0.15, 0.2) is 0 Å². The normalized spacial score (nSPS) is 18.1. The molecule has 14 heteroatoms. The summed E-state index contributed by atoms with van der Waals surface area (Å²) < 4.78 is 78.3. The molecule has 0 bridgehead atoms. The number of benzene rings is 5. The lowest BCUT2D eigenvalue weighted by molar-refractivity contribution is -0.384. The average Bonchev–Trinajstić information content (AvgIpc) is 3.38. The second-order valence-corrected chi connectivity index (χ2v) is 12.9. The van der Waals surface area contributed by atoms with Gasteiger partial charge < -0.3 is 14.2 Å². The van der Waals surface area contributed by atoms with Crippen LogP contribution in [0.2, 0.25) is 0 Å². The number of rotatable bonds is 11. The average molecular weight is 716 g/mol. The summed E-state index contributed by atoms with van der Waals surface area (Å²) >= 11 is 0. The molecule has 1 unspecified atom stereocenters. The maximum atomic E-state index is 15.9. The van der Waals surface area contributed by atoms with Crippen molar-refractivity contribution in [3.05, 3.63) is 155 Å². The summed E-state index contributed by atoms with van der Waals surface area (Å²) in [6.07, 6.45) is -7.17. The van der Waals surface area contributed by atoms with Gasteiger partial charge in [-0.1, -0.05) is 84.9 Å². The first kappa shape index (κ1) is 35.0. The number of ether oxygens (including phenoxy) is 3. The molecular formula is C37H27F2NO10S. The van der Waals surface area contributed by atoms with Gasteiger partial charge in [0.2, 0.25) is 12.4 Å². The Kier molecular flexibility index (Phi) is 10.0. The van der Waals surface area contributed by atoms with Crippen LogP contribution in [0.25, 0.3) is 22.3 Å². The summed E-state index contributed by atoms with van der Waals surface area (Å²) in [6, 6.07) is 34.1. The van der Waals surface area contributed by atoms with Crippen LogP contribution in [-0.2, 0) is 28.5 Å². The van der Waals surface area contributed by atoms with Crippen molar-refractivity contribution in [2.75, 3.05) is 6.61 Å². The molecule has 11 nitrogen and oxygen atoms in total. The van der Waals surface area contributed by atoms with Gasteiger partial charge in [0.25, 0.3) is 15.8 Å². The van der Waals surface area contributed by atoms with E-state index >= 15 is 8.78 Å². The molecule has 1 fully saturated rings. The molecule has 0 spiro atoms. The van der Waals surface area contributed by atoms with E-state index in [-0.39, 0.29) is 11.1 Å². The largest absolute Gasteiger partial charge is 0.459 e. The fourth-order valence-corrected chi connectivity index (χ4v) is 6.24. The van der Waals surface area contributed by atoms with Crippen molar-refractivity contribution >= 4 is 27.7 Å². The molecule has 3 atom stereocenters. The third-order valence-corrected chi connectivity index (χ3v) is 9.23. The van der Waals surface area contributed by atoms with Crippen LogP contribution in [0.5, 0.6) is 0 Å². The Hall–Kier alpha value is -5.83. The molecule has 6 rings (SSSR count). The van der Waals surface area contributed by atoms with E-state index in [2.05, 4.69) is 0 Å². The van der Waals surface area contributed by atoms with E-state index in [0.717, 1.165) is 46.5 Å². The first-order chi connectivity index (χ1) is 24.4. The number of nitrogens with zero attached hydrogens (tertiary/aromatic N) is 1. The first-order valence-electron chi connectivity index (χ1n) is 15.3. The lowest BCUT2D eigenvalue weighted by Crippen LogP contribution is -2.45. The smallest absolute Gasteiger partial charge is 0.338 e. The maximum Gasteiger partial charge on any atom is 0.338 e. The van der Waals surface area contributed by atoms with Crippen molar-refractivity contribution in [2.45, 2.75) is 29.3 Å². The van der Waals surface area contributed by atoms with Gasteiger partial charge in [0.05, 0.1) is 20.9 Å². The molecule has 5 aromatic carbocycles. The van der Waals surface area contributed by atoms with Crippen LogP contribution in [0.15, 0.2) is 138 Å². The molecule has 0 saturated carbocycles. The minimum absolute atomic E-state index is 0.0834. The van der Waals surface area contributed by atoms with Crippen molar-refractivity contribution in [2.24, 2.45) is 0 Å². The van der Waals surface area contributed by atoms with Crippen molar-refractivity contribution in [1.29, 1.82) is 0 Å². The van der Waals surface area contributed by atoms with Gasteiger partial charge in [0, 0.05) is 12.1 Å². The number of carbonyl (C=O) groups is 2. The molecular weight excluding hydrogens is 688 g/mol. The molecule has 51 heavy (non-hydrogen) atoms. The number of alkyl halides is 2. The van der Waals surface area contributed by atoms with Crippen molar-refractivity contribution in [1.82, 2.24) is 0 Å². The van der Waals surface area contributed by atoms with Crippen LogP contribution < -0.4 is 0 Å². The van der Waals surface area contributed by atoms with Gasteiger partial charge >= 0.3 is 17.9 Å². The highest BCUT2D eigenvalue weighted by Gasteiger charge is 2.64. The van der Waals surface area contributed by atoms with Gasteiger partial charge in [-0.05, 0) is 58.7 Å². The number of nitro groups is 1. The number of esters is 2. The van der Waals surface area contributed by atoms with Gasteiger partial charge in [0.1, 0.15) is 12.7 Å². The van der Waals surface area contributed by atoms with Crippen LogP contribution in [-0.4, -0.2) is 56.3 Å². The summed E-state index contributed by atoms with van der Waals surface area (Å²) in [6.45, 7) is -0.878. The molecule has 0 aromatic heterocycles. The van der Waals surface area contributed by atoms with E-state index in [0.29, 0.717) is 0 Å². The van der Waals surface area contributed by atoms with E-state index in [1.54, 1.807) is 24.3 Å². The second-order valence-electron chi connectivity index (χ2n) is 11.3. The van der Waals surface area contributed by atoms with E-state index < -0.39 is 68.6 Å². The number of hydrogen-bond donors (Lipinski definition) is 0. The number of nitro benzene ring substituents is 1. The second kappa shape index (κ2) is 14.6. The molecule has 1 aliphatic rings. The Balaban J connectivity index is 1.21. The van der Waals surface area contributed by atoms with Crippen molar-refractivity contribution in [3.63, 3.8) is 0 Å². The summed E-state index contributed by atoms with van der Waals surface area (Å²) in [7, 11) is -4.99. The van der Waals surface area contributed by atoms with Crippen molar-refractivity contribution < 1.29 is 50.1 Å². The lowest BCUT2D eigenvalue weighted by atomic mass is 10.0. The van der Waals surface area contributed by atoms with Crippen LogP contribution in [0.3, 0.4) is 0 Å². The quantitative estimate of drug-likeness (QED) is 0.0601. The maximum absolute atomic E-state index is 15.9. The van der Waals surface area contributed by atoms with Crippen molar-refractivity contribution in [3.8, 4) is 22.3 Å². The summed E-state index contributed by atoms with van der Waals surface area (Å²) in [4.78, 5) is 35.6. The predicted octanol–water partition coefficient (Wildman–Crippen LogP) is 7.08. The van der Waals surface area contributed by atoms with Crippen LogP contribution in [0, 0.1) is 10.1 Å². The standard InChI is InChI=1S/C37H27F2NO10S/c38-37(39)33(49-35(42)29-17-13-27(14-18-29)25-9-5-2-6-10-25)32(48-36(37)50-51(45,46)31-21-19-30(20-22-31)40(43)44)23-47-34(41)28-15-11-26(12-16-28)24-7-3-1-4-8-24/h1-22,32-33,36H,23H2/t32-,33-,36?/m1/s1. The zero-order valence-electron chi connectivity index (χ0n) is 26.3. The summed E-state index contributed by atoms with van der Waals surface area (Å²) in [5.41, 5.74) is 2.84. The third kappa shape index (κ3) is 7.83. The highest BCUT2D eigenvalue weighted by atomic mass is 32.2. The zero-order chi connectivity index (χ0) is 36.2. The molecule has 260 valence electrons. The molecule has 0 radical (unpaired) electrons. The number of carbonyl (C=O) groups excluding carboxylic acids is 2. The minimum atomic E-state index is -4.99. The SMILES string of the molecule is O=C(OC[C@H]1OC(OS(=O)(=O)c2ccc([N+](=O)[O-])cc2)C(F)(F)[C@@H]1OC(=O)c1ccc(-c2ccccc2)cc1)c1ccc(-c2ccccc2)cc1. The Morgan fingerprint density at radius 2 is 1.18 bits per heavy atom. The molecule has 1 saturated heterocycles. The lowest BCUT2D eigenvalue weighted by Gasteiger charge is -2.23. The van der Waals surface area contributed by atoms with E-state index in [1.165, 1.54) is 24.3 Å². The van der Waals surface area contributed by atoms with Gasteiger partial charge in [-0.25, -0.2) is 13.8 Å². The van der Waals surface area contributed by atoms with E-state index in [9.17, 15) is 28.1 Å². The Morgan fingerprint density at radius 3 is 1.67 bits per heavy atom. The molecule has 0 aliphatic carbocycles. The van der Waals surface area contributed by atoms with Crippen LogP contribution in [0.1, 0.15) is 20.7 Å². The molecule has 1 aliphatic heterocycles. The van der Waals surface area contributed by atoms with Gasteiger partial charge in [-0.3, -0.25) is 10.1 Å². The molecule has 0 N–H and O–H groups in total. The van der Waals surface area contributed by atoms with E-state index in [4.69, 9.17) is 18.4 Å². The monoisotopic (exact) mass is 715 g/mol. The Bertz CT molecular complexity index is 2130. The van der Waals surface area contributed by atoms with Crippen LogP contribution in [0.4, 0.5) is 14.5 Å². The highest BCUT2D eigenvalue weighted by Crippen LogP contribution is 2.41.